The van der Waals surface area contributed by atoms with E-state index in [1.54, 1.807) is 5.38 Å². The molecule has 0 aliphatic heterocycles. The van der Waals surface area contributed by atoms with Gasteiger partial charge >= 0.3 is 6.18 Å². The minimum atomic E-state index is -4.34. The summed E-state index contributed by atoms with van der Waals surface area (Å²) in [7, 11) is -3.80. The molecule has 1 unspecified atom stereocenters. The lowest BCUT2D eigenvalue weighted by Gasteiger charge is -2.09. The van der Waals surface area contributed by atoms with Crippen molar-refractivity contribution < 1.29 is 21.6 Å². The summed E-state index contributed by atoms with van der Waals surface area (Å²) in [6.07, 6.45) is -5.93. The second-order valence-corrected chi connectivity index (χ2v) is 7.20. The van der Waals surface area contributed by atoms with E-state index >= 15 is 0 Å². The molecule has 0 aliphatic carbocycles. The maximum Gasteiger partial charge on any atom is 0.389 e. The van der Waals surface area contributed by atoms with Gasteiger partial charge in [0.1, 0.15) is 0 Å². The fourth-order valence-electron chi connectivity index (χ4n) is 1.59. The van der Waals surface area contributed by atoms with Gasteiger partial charge in [-0.3, -0.25) is 4.72 Å². The van der Waals surface area contributed by atoms with Crippen LogP contribution in [0.4, 0.5) is 18.3 Å². The number of halogens is 3. The normalized spacial score (nSPS) is 14.1. The van der Waals surface area contributed by atoms with Gasteiger partial charge in [0.2, 0.25) is 10.0 Å². The highest BCUT2D eigenvalue weighted by atomic mass is 32.2. The van der Waals surface area contributed by atoms with Crippen LogP contribution in [-0.2, 0) is 10.0 Å². The SMILES string of the molecule is CCNC(C)c1csc(NS(=O)(=O)CCCC(F)(F)F)n1. The van der Waals surface area contributed by atoms with Crippen molar-refractivity contribution in [3.8, 4) is 0 Å². The predicted molar refractivity (Wildman–Crippen MR) is 76.9 cm³/mol. The Morgan fingerprint density at radius 1 is 1.43 bits per heavy atom. The van der Waals surface area contributed by atoms with Gasteiger partial charge in [0.15, 0.2) is 5.13 Å². The molecule has 10 heteroatoms. The van der Waals surface area contributed by atoms with Crippen LogP contribution in [0.5, 0.6) is 0 Å². The van der Waals surface area contributed by atoms with Crippen molar-refractivity contribution in [3.05, 3.63) is 11.1 Å². The fraction of sp³-hybridized carbons (Fsp3) is 0.727. The molecule has 0 spiro atoms. The second kappa shape index (κ2) is 7.41. The highest BCUT2D eigenvalue weighted by Gasteiger charge is 2.27. The highest BCUT2D eigenvalue weighted by Crippen LogP contribution is 2.23. The number of nitrogens with one attached hydrogen (secondary N) is 2. The number of aromatic nitrogens is 1. The first-order valence-corrected chi connectivity index (χ1v) is 8.92. The van der Waals surface area contributed by atoms with Crippen LogP contribution in [0.2, 0.25) is 0 Å². The lowest BCUT2D eigenvalue weighted by atomic mass is 10.3. The van der Waals surface area contributed by atoms with Gasteiger partial charge < -0.3 is 5.32 Å². The molecular weight excluding hydrogens is 327 g/mol. The molecule has 1 aromatic rings. The van der Waals surface area contributed by atoms with Crippen LogP contribution >= 0.6 is 11.3 Å². The van der Waals surface area contributed by atoms with E-state index in [9.17, 15) is 21.6 Å². The van der Waals surface area contributed by atoms with E-state index in [1.807, 2.05) is 13.8 Å². The average molecular weight is 345 g/mol. The Kier molecular flexibility index (Phi) is 6.41. The standard InChI is InChI=1S/C11H18F3N3O2S2/c1-3-15-8(2)9-7-20-10(16-9)17-21(18,19)6-4-5-11(12,13)14/h7-8,15H,3-6H2,1-2H3,(H,16,17). The Labute approximate surface area is 126 Å². The Hall–Kier alpha value is -0.870. The Bertz CT molecular complexity index is 543. The van der Waals surface area contributed by atoms with E-state index in [2.05, 4.69) is 15.0 Å². The number of sulfonamides is 1. The minimum absolute atomic E-state index is 0.0188. The first-order valence-electron chi connectivity index (χ1n) is 6.39. The van der Waals surface area contributed by atoms with Gasteiger partial charge in [-0.2, -0.15) is 13.2 Å². The molecule has 0 amide bonds. The molecular formula is C11H18F3N3O2S2. The smallest absolute Gasteiger partial charge is 0.309 e. The molecule has 0 aromatic carbocycles. The monoisotopic (exact) mass is 345 g/mol. The van der Waals surface area contributed by atoms with Crippen molar-refractivity contribution in [1.29, 1.82) is 0 Å². The number of nitrogens with zero attached hydrogens (tertiary/aromatic N) is 1. The largest absolute Gasteiger partial charge is 0.389 e. The summed E-state index contributed by atoms with van der Waals surface area (Å²) in [4.78, 5) is 4.11. The van der Waals surface area contributed by atoms with Crippen LogP contribution in [0.3, 0.4) is 0 Å². The molecule has 0 bridgehead atoms. The average Bonchev–Trinajstić information content (AvgIpc) is 2.74. The molecule has 0 aliphatic rings. The number of rotatable bonds is 8. The van der Waals surface area contributed by atoms with Crippen molar-refractivity contribution in [3.63, 3.8) is 0 Å². The Morgan fingerprint density at radius 3 is 2.67 bits per heavy atom. The zero-order valence-electron chi connectivity index (χ0n) is 11.7. The van der Waals surface area contributed by atoms with Crippen LogP contribution in [0.1, 0.15) is 38.4 Å². The first kappa shape index (κ1) is 18.2. The van der Waals surface area contributed by atoms with E-state index in [0.29, 0.717) is 5.69 Å². The third-order valence-electron chi connectivity index (χ3n) is 2.59. The molecule has 0 saturated carbocycles. The van der Waals surface area contributed by atoms with Gasteiger partial charge in [-0.25, -0.2) is 13.4 Å². The van der Waals surface area contributed by atoms with E-state index in [1.165, 1.54) is 0 Å². The quantitative estimate of drug-likeness (QED) is 0.760. The molecule has 5 nitrogen and oxygen atoms in total. The van der Waals surface area contributed by atoms with Crippen molar-refractivity contribution in [2.45, 2.75) is 38.9 Å². The maximum absolute atomic E-state index is 12.0. The molecule has 2 N–H and O–H groups in total. The molecule has 0 fully saturated rings. The molecule has 0 radical (unpaired) electrons. The van der Waals surface area contributed by atoms with E-state index < -0.39 is 34.8 Å². The molecule has 122 valence electrons. The van der Waals surface area contributed by atoms with Gasteiger partial charge in [-0.05, 0) is 19.9 Å². The second-order valence-electron chi connectivity index (χ2n) is 4.50. The van der Waals surface area contributed by atoms with E-state index in [-0.39, 0.29) is 11.2 Å². The summed E-state index contributed by atoms with van der Waals surface area (Å²) in [6, 6.07) is -0.0188. The Balaban J connectivity index is 2.55. The molecule has 1 rings (SSSR count). The fourth-order valence-corrected chi connectivity index (χ4v) is 3.75. The lowest BCUT2D eigenvalue weighted by Crippen LogP contribution is -2.20. The lowest BCUT2D eigenvalue weighted by molar-refractivity contribution is -0.134. The highest BCUT2D eigenvalue weighted by molar-refractivity contribution is 7.92. The van der Waals surface area contributed by atoms with Crippen LogP contribution in [0.15, 0.2) is 5.38 Å². The molecule has 21 heavy (non-hydrogen) atoms. The molecule has 1 heterocycles. The maximum atomic E-state index is 12.0. The number of alkyl halides is 3. The molecule has 0 saturated heterocycles. The van der Waals surface area contributed by atoms with Crippen molar-refractivity contribution in [2.75, 3.05) is 17.0 Å². The number of anilines is 1. The summed E-state index contributed by atoms with van der Waals surface area (Å²) in [6.45, 7) is 4.57. The van der Waals surface area contributed by atoms with Gasteiger partial charge in [0.25, 0.3) is 0 Å². The van der Waals surface area contributed by atoms with Crippen LogP contribution in [-0.4, -0.2) is 31.9 Å². The van der Waals surface area contributed by atoms with Gasteiger partial charge in [0, 0.05) is 17.8 Å². The van der Waals surface area contributed by atoms with Crippen LogP contribution in [0, 0.1) is 0 Å². The summed E-state index contributed by atoms with van der Waals surface area (Å²) in [5.74, 6) is -0.579. The summed E-state index contributed by atoms with van der Waals surface area (Å²) >= 11 is 1.11. The van der Waals surface area contributed by atoms with Crippen LogP contribution < -0.4 is 10.0 Å². The minimum Gasteiger partial charge on any atom is -0.309 e. The third kappa shape index (κ3) is 7.09. The predicted octanol–water partition coefficient (Wildman–Crippen LogP) is 2.90. The van der Waals surface area contributed by atoms with Gasteiger partial charge in [-0.1, -0.05) is 6.92 Å². The van der Waals surface area contributed by atoms with Crippen molar-refractivity contribution >= 4 is 26.5 Å². The summed E-state index contributed by atoms with van der Waals surface area (Å²) in [5, 5.41) is 5.01. The Morgan fingerprint density at radius 2 is 2.10 bits per heavy atom. The van der Waals surface area contributed by atoms with Crippen molar-refractivity contribution in [2.24, 2.45) is 0 Å². The van der Waals surface area contributed by atoms with Gasteiger partial charge in [0.05, 0.1) is 11.4 Å². The third-order valence-corrected chi connectivity index (χ3v) is 4.83. The molecule has 1 atom stereocenters. The topological polar surface area (TPSA) is 71.1 Å². The number of thiazole rings is 1. The zero-order chi connectivity index (χ0) is 16.1. The van der Waals surface area contributed by atoms with Crippen LogP contribution in [0.25, 0.3) is 0 Å². The first-order chi connectivity index (χ1) is 9.63. The molecule has 1 aromatic heterocycles. The zero-order valence-corrected chi connectivity index (χ0v) is 13.3. The van der Waals surface area contributed by atoms with Gasteiger partial charge in [-0.15, -0.1) is 11.3 Å². The van der Waals surface area contributed by atoms with E-state index in [0.717, 1.165) is 17.9 Å². The van der Waals surface area contributed by atoms with E-state index in [4.69, 9.17) is 0 Å². The van der Waals surface area contributed by atoms with Crippen molar-refractivity contribution in [1.82, 2.24) is 10.3 Å². The summed E-state index contributed by atoms with van der Waals surface area (Å²) in [5.41, 5.74) is 0.690. The number of hydrogen-bond acceptors (Lipinski definition) is 5. The number of hydrogen-bond donors (Lipinski definition) is 2. The summed E-state index contributed by atoms with van der Waals surface area (Å²) < 4.78 is 61.5.